The molecule has 0 heterocycles. The molecule has 0 aliphatic carbocycles. The van der Waals surface area contributed by atoms with Crippen LogP contribution in [0.3, 0.4) is 0 Å². The molecule has 0 radical (unpaired) electrons. The highest BCUT2D eigenvalue weighted by atomic mass is 19.1. The molecule has 0 spiro atoms. The van der Waals surface area contributed by atoms with E-state index in [1.54, 1.807) is 19.1 Å². The summed E-state index contributed by atoms with van der Waals surface area (Å²) in [6, 6.07) is 9.04. The lowest BCUT2D eigenvalue weighted by atomic mass is 9.98. The quantitative estimate of drug-likeness (QED) is 0.803. The lowest BCUT2D eigenvalue weighted by Gasteiger charge is -2.23. The summed E-state index contributed by atoms with van der Waals surface area (Å²) in [4.78, 5) is 11.4. The van der Waals surface area contributed by atoms with E-state index in [0.717, 1.165) is 5.56 Å². The molecule has 94 valence electrons. The molecule has 2 atom stereocenters. The normalized spacial score (nSPS) is 16.0. The zero-order valence-electron chi connectivity index (χ0n) is 10.0. The summed E-state index contributed by atoms with van der Waals surface area (Å²) in [7, 11) is 0. The Kier molecular flexibility index (Phi) is 4.63. The number of alkyl halides is 1. The zero-order chi connectivity index (χ0) is 12.9. The molecule has 1 aromatic carbocycles. The van der Waals surface area contributed by atoms with Crippen LogP contribution in [0.1, 0.15) is 25.8 Å². The van der Waals surface area contributed by atoms with Gasteiger partial charge in [0.2, 0.25) is 0 Å². The first-order chi connectivity index (χ1) is 7.97. The van der Waals surface area contributed by atoms with Gasteiger partial charge in [0.05, 0.1) is 0 Å². The minimum Gasteiger partial charge on any atom is -0.459 e. The van der Waals surface area contributed by atoms with E-state index in [9.17, 15) is 14.3 Å². The Balaban J connectivity index is 2.51. The number of hydrogen-bond donors (Lipinski definition) is 1. The van der Waals surface area contributed by atoms with Gasteiger partial charge in [-0.15, -0.1) is 0 Å². The molecule has 0 amide bonds. The molecule has 0 bridgehead atoms. The Hall–Kier alpha value is -1.42. The number of ether oxygens (including phenoxy) is 1. The van der Waals surface area contributed by atoms with Gasteiger partial charge >= 0.3 is 5.97 Å². The predicted octanol–water partition coefficient (Wildman–Crippen LogP) is 2.23. The van der Waals surface area contributed by atoms with Crippen LogP contribution < -0.4 is 0 Å². The fraction of sp³-hybridized carbons (Fsp3) is 0.462. The Morgan fingerprint density at radius 2 is 2.06 bits per heavy atom. The molecule has 0 aromatic heterocycles. The van der Waals surface area contributed by atoms with Crippen molar-refractivity contribution in [3.05, 3.63) is 35.9 Å². The number of aliphatic hydroxyl groups is 1. The molecular weight excluding hydrogens is 223 g/mol. The van der Waals surface area contributed by atoms with Crippen LogP contribution in [0, 0.1) is 0 Å². The second-order valence-corrected chi connectivity index (χ2v) is 4.13. The van der Waals surface area contributed by atoms with E-state index in [2.05, 4.69) is 0 Å². The lowest BCUT2D eigenvalue weighted by Crippen LogP contribution is -2.41. The molecule has 0 saturated carbocycles. The number of esters is 1. The van der Waals surface area contributed by atoms with Gasteiger partial charge in [-0.1, -0.05) is 37.3 Å². The van der Waals surface area contributed by atoms with Crippen molar-refractivity contribution in [3.8, 4) is 0 Å². The lowest BCUT2D eigenvalue weighted by molar-refractivity contribution is -0.163. The number of halogens is 1. The SMILES string of the molecule is CC[C@@](C)(F)C(O)C(=O)OCc1ccccc1. The van der Waals surface area contributed by atoms with Gasteiger partial charge in [-0.3, -0.25) is 0 Å². The maximum Gasteiger partial charge on any atom is 0.338 e. The summed E-state index contributed by atoms with van der Waals surface area (Å²) in [6.45, 7) is 2.78. The van der Waals surface area contributed by atoms with Crippen LogP contribution in [0.5, 0.6) is 0 Å². The maximum atomic E-state index is 13.6. The zero-order valence-corrected chi connectivity index (χ0v) is 10.0. The van der Waals surface area contributed by atoms with Gasteiger partial charge in [-0.2, -0.15) is 0 Å². The molecule has 0 fully saturated rings. The average molecular weight is 240 g/mol. The molecule has 1 unspecified atom stereocenters. The van der Waals surface area contributed by atoms with Gasteiger partial charge in [-0.25, -0.2) is 9.18 Å². The number of rotatable bonds is 5. The maximum absolute atomic E-state index is 13.6. The molecule has 4 heteroatoms. The third kappa shape index (κ3) is 3.82. The fourth-order valence-corrected chi connectivity index (χ4v) is 1.25. The Bertz CT molecular complexity index is 362. The van der Waals surface area contributed by atoms with Gasteiger partial charge in [0.15, 0.2) is 6.10 Å². The van der Waals surface area contributed by atoms with E-state index >= 15 is 0 Å². The molecule has 17 heavy (non-hydrogen) atoms. The standard InChI is InChI=1S/C13H17FO3/c1-3-13(2,14)11(15)12(16)17-9-10-7-5-4-6-8-10/h4-8,11,15H,3,9H2,1-2H3/t11?,13-/m1/s1. The van der Waals surface area contributed by atoms with Crippen molar-refractivity contribution in [2.24, 2.45) is 0 Å². The number of hydrogen-bond acceptors (Lipinski definition) is 3. The van der Waals surface area contributed by atoms with Crippen molar-refractivity contribution < 1.29 is 19.0 Å². The predicted molar refractivity (Wildman–Crippen MR) is 62.0 cm³/mol. The van der Waals surface area contributed by atoms with Crippen molar-refractivity contribution in [3.63, 3.8) is 0 Å². The van der Waals surface area contributed by atoms with Crippen molar-refractivity contribution in [1.29, 1.82) is 0 Å². The van der Waals surface area contributed by atoms with Crippen LogP contribution in [-0.4, -0.2) is 22.8 Å². The van der Waals surface area contributed by atoms with E-state index in [4.69, 9.17) is 4.74 Å². The van der Waals surface area contributed by atoms with E-state index in [-0.39, 0.29) is 13.0 Å². The van der Waals surface area contributed by atoms with E-state index in [1.165, 1.54) is 6.92 Å². The first-order valence-corrected chi connectivity index (χ1v) is 5.55. The van der Waals surface area contributed by atoms with Crippen molar-refractivity contribution >= 4 is 5.97 Å². The monoisotopic (exact) mass is 240 g/mol. The fourth-order valence-electron chi connectivity index (χ4n) is 1.25. The van der Waals surface area contributed by atoms with Crippen LogP contribution in [0.2, 0.25) is 0 Å². The number of benzene rings is 1. The highest BCUT2D eigenvalue weighted by Gasteiger charge is 2.37. The molecule has 1 rings (SSSR count). The topological polar surface area (TPSA) is 46.5 Å². The van der Waals surface area contributed by atoms with Gasteiger partial charge in [0.1, 0.15) is 12.3 Å². The second kappa shape index (κ2) is 5.77. The van der Waals surface area contributed by atoms with Crippen LogP contribution in [0.15, 0.2) is 30.3 Å². The molecule has 1 aromatic rings. The van der Waals surface area contributed by atoms with E-state index < -0.39 is 17.7 Å². The molecule has 0 aliphatic rings. The first-order valence-electron chi connectivity index (χ1n) is 5.55. The summed E-state index contributed by atoms with van der Waals surface area (Å²) >= 11 is 0. The highest BCUT2D eigenvalue weighted by Crippen LogP contribution is 2.21. The van der Waals surface area contributed by atoms with Crippen molar-refractivity contribution in [1.82, 2.24) is 0 Å². The molecule has 3 nitrogen and oxygen atoms in total. The first kappa shape index (κ1) is 13.6. The molecule has 1 N–H and O–H groups in total. The van der Waals surface area contributed by atoms with Crippen LogP contribution >= 0.6 is 0 Å². The third-order valence-electron chi connectivity index (χ3n) is 2.71. The van der Waals surface area contributed by atoms with Crippen molar-refractivity contribution in [2.75, 3.05) is 0 Å². The van der Waals surface area contributed by atoms with E-state index in [1.807, 2.05) is 18.2 Å². The summed E-state index contributed by atoms with van der Waals surface area (Å²) in [5, 5.41) is 9.47. The highest BCUT2D eigenvalue weighted by molar-refractivity contribution is 5.75. The van der Waals surface area contributed by atoms with Gasteiger partial charge < -0.3 is 9.84 Å². The largest absolute Gasteiger partial charge is 0.459 e. The number of carbonyl (C=O) groups excluding carboxylic acids is 1. The third-order valence-corrected chi connectivity index (χ3v) is 2.71. The van der Waals surface area contributed by atoms with Gasteiger partial charge in [0, 0.05) is 0 Å². The Morgan fingerprint density at radius 3 is 2.59 bits per heavy atom. The summed E-state index contributed by atoms with van der Waals surface area (Å²) in [6.07, 6.45) is -1.69. The minimum absolute atomic E-state index is 0.0382. The van der Waals surface area contributed by atoms with Crippen LogP contribution in [-0.2, 0) is 16.1 Å². The number of carbonyl (C=O) groups is 1. The summed E-state index contributed by atoms with van der Waals surface area (Å²) in [5.41, 5.74) is -1.15. The molecule has 0 aliphatic heterocycles. The summed E-state index contributed by atoms with van der Waals surface area (Å²) in [5.74, 6) is -0.930. The minimum atomic E-state index is -1.95. The molecular formula is C13H17FO3. The van der Waals surface area contributed by atoms with Gasteiger partial charge in [-0.05, 0) is 18.9 Å². The number of aliphatic hydroxyl groups excluding tert-OH is 1. The smallest absolute Gasteiger partial charge is 0.338 e. The Morgan fingerprint density at radius 1 is 1.47 bits per heavy atom. The van der Waals surface area contributed by atoms with Crippen LogP contribution in [0.4, 0.5) is 4.39 Å². The summed E-state index contributed by atoms with van der Waals surface area (Å²) < 4.78 is 18.5. The van der Waals surface area contributed by atoms with E-state index in [0.29, 0.717) is 0 Å². The van der Waals surface area contributed by atoms with Gasteiger partial charge in [0.25, 0.3) is 0 Å². The van der Waals surface area contributed by atoms with Crippen molar-refractivity contribution in [2.45, 2.75) is 38.6 Å². The second-order valence-electron chi connectivity index (χ2n) is 4.13. The molecule has 0 saturated heterocycles. The van der Waals surface area contributed by atoms with Crippen LogP contribution in [0.25, 0.3) is 0 Å². The Labute approximate surface area is 100 Å². The average Bonchev–Trinajstić information content (AvgIpc) is 2.36.